The van der Waals surface area contributed by atoms with Gasteiger partial charge in [0.05, 0.1) is 5.56 Å². The molecule has 0 aromatic heterocycles. The van der Waals surface area contributed by atoms with E-state index in [1.54, 1.807) is 0 Å². The highest BCUT2D eigenvalue weighted by molar-refractivity contribution is 9.09. The van der Waals surface area contributed by atoms with Crippen molar-refractivity contribution in [3.05, 3.63) is 41.0 Å². The molecule has 3 heteroatoms. The van der Waals surface area contributed by atoms with Crippen LogP contribution in [-0.2, 0) is 11.3 Å². The monoisotopic (exact) mass is 266 g/mol. The third-order valence-electron chi connectivity index (χ3n) is 2.30. The van der Waals surface area contributed by atoms with E-state index in [9.17, 15) is 4.79 Å². The number of benzene rings is 1. The van der Waals surface area contributed by atoms with Gasteiger partial charge in [-0.1, -0.05) is 40.2 Å². The molecule has 0 saturated carbocycles. The van der Waals surface area contributed by atoms with Gasteiger partial charge in [0.2, 0.25) is 0 Å². The largest absolute Gasteiger partial charge is 0.457 e. The minimum atomic E-state index is -0.208. The molecule has 0 bridgehead atoms. The second kappa shape index (κ2) is 4.62. The summed E-state index contributed by atoms with van der Waals surface area (Å²) in [6.07, 6.45) is 5.09. The fourth-order valence-electron chi connectivity index (χ4n) is 1.52. The van der Waals surface area contributed by atoms with Crippen LogP contribution < -0.4 is 0 Å². The fourth-order valence-corrected chi connectivity index (χ4v) is 1.78. The number of allylic oxidation sites excluding steroid dienone is 1. The highest BCUT2D eigenvalue weighted by Gasteiger charge is 2.20. The van der Waals surface area contributed by atoms with Crippen LogP contribution in [0.4, 0.5) is 0 Å². The van der Waals surface area contributed by atoms with E-state index >= 15 is 0 Å². The first-order chi connectivity index (χ1) is 7.31. The van der Waals surface area contributed by atoms with Gasteiger partial charge in [-0.15, -0.1) is 0 Å². The highest BCUT2D eigenvalue weighted by atomic mass is 79.9. The quantitative estimate of drug-likeness (QED) is 0.621. The zero-order valence-corrected chi connectivity index (χ0v) is 9.79. The Balaban J connectivity index is 2.22. The van der Waals surface area contributed by atoms with Crippen LogP contribution in [-0.4, -0.2) is 11.3 Å². The summed E-state index contributed by atoms with van der Waals surface area (Å²) in [7, 11) is 0. The topological polar surface area (TPSA) is 26.3 Å². The highest BCUT2D eigenvalue weighted by Crippen LogP contribution is 2.21. The summed E-state index contributed by atoms with van der Waals surface area (Å²) in [6, 6.07) is 5.84. The number of alkyl halides is 1. The lowest BCUT2D eigenvalue weighted by Crippen LogP contribution is -1.93. The zero-order valence-electron chi connectivity index (χ0n) is 8.20. The maximum atomic E-state index is 11.3. The Labute approximate surface area is 97.1 Å². The van der Waals surface area contributed by atoms with E-state index in [1.807, 2.05) is 24.3 Å². The molecular weight excluding hydrogens is 256 g/mol. The Morgan fingerprint density at radius 2 is 2.33 bits per heavy atom. The average molecular weight is 267 g/mol. The Morgan fingerprint density at radius 3 is 3.13 bits per heavy atom. The molecule has 15 heavy (non-hydrogen) atoms. The number of carbonyl (C=O) groups excluding carboxylic acids is 1. The molecule has 0 radical (unpaired) electrons. The molecule has 2 nitrogen and oxygen atoms in total. The standard InChI is InChI=1S/C12H11BrO2/c13-6-2-1-3-9-4-5-10-8-15-12(14)11(10)7-9/h1,3-5,7H,2,6,8H2. The number of rotatable bonds is 3. The summed E-state index contributed by atoms with van der Waals surface area (Å²) >= 11 is 3.36. The predicted molar refractivity (Wildman–Crippen MR) is 63.0 cm³/mol. The molecule has 2 rings (SSSR count). The van der Waals surface area contributed by atoms with Crippen molar-refractivity contribution in [1.82, 2.24) is 0 Å². The maximum absolute atomic E-state index is 11.3. The lowest BCUT2D eigenvalue weighted by molar-refractivity contribution is 0.0535. The normalized spacial score (nSPS) is 14.3. The van der Waals surface area contributed by atoms with E-state index in [0.717, 1.165) is 22.9 Å². The number of ether oxygens (including phenoxy) is 1. The summed E-state index contributed by atoms with van der Waals surface area (Å²) < 4.78 is 4.93. The molecule has 0 atom stereocenters. The van der Waals surface area contributed by atoms with Crippen molar-refractivity contribution in [3.8, 4) is 0 Å². The number of cyclic esters (lactones) is 1. The molecule has 0 fully saturated rings. The van der Waals surface area contributed by atoms with Crippen LogP contribution >= 0.6 is 15.9 Å². The number of fused-ring (bicyclic) bond motifs is 1. The van der Waals surface area contributed by atoms with Crippen LogP contribution in [0.15, 0.2) is 24.3 Å². The second-order valence-electron chi connectivity index (χ2n) is 3.37. The van der Waals surface area contributed by atoms with Crippen molar-refractivity contribution >= 4 is 28.0 Å². The predicted octanol–water partition coefficient (Wildman–Crippen LogP) is 3.16. The molecule has 0 N–H and O–H groups in total. The van der Waals surface area contributed by atoms with Crippen LogP contribution in [0.3, 0.4) is 0 Å². The number of esters is 1. The lowest BCUT2D eigenvalue weighted by atomic mass is 10.1. The van der Waals surface area contributed by atoms with Gasteiger partial charge in [0.25, 0.3) is 0 Å². The molecule has 1 aliphatic rings. The van der Waals surface area contributed by atoms with Gasteiger partial charge >= 0.3 is 5.97 Å². The van der Waals surface area contributed by atoms with Gasteiger partial charge in [-0.25, -0.2) is 4.79 Å². The van der Waals surface area contributed by atoms with Gasteiger partial charge < -0.3 is 4.74 Å². The molecule has 0 saturated heterocycles. The van der Waals surface area contributed by atoms with E-state index in [2.05, 4.69) is 22.0 Å². The van der Waals surface area contributed by atoms with Crippen molar-refractivity contribution in [3.63, 3.8) is 0 Å². The van der Waals surface area contributed by atoms with Crippen LogP contribution in [0.2, 0.25) is 0 Å². The van der Waals surface area contributed by atoms with E-state index < -0.39 is 0 Å². The van der Waals surface area contributed by atoms with Crippen molar-refractivity contribution < 1.29 is 9.53 Å². The molecule has 1 aliphatic heterocycles. The van der Waals surface area contributed by atoms with E-state index in [1.165, 1.54) is 0 Å². The maximum Gasteiger partial charge on any atom is 0.338 e. The van der Waals surface area contributed by atoms with Gasteiger partial charge in [0, 0.05) is 10.9 Å². The average Bonchev–Trinajstić information content (AvgIpc) is 2.61. The SMILES string of the molecule is O=C1OCc2ccc(C=CCCBr)cc21. The summed E-state index contributed by atoms with van der Waals surface area (Å²) in [5.74, 6) is -0.208. The molecule has 0 unspecified atom stereocenters. The number of halogens is 1. The second-order valence-corrected chi connectivity index (χ2v) is 4.17. The van der Waals surface area contributed by atoms with Crippen LogP contribution in [0, 0.1) is 0 Å². The van der Waals surface area contributed by atoms with Crippen molar-refractivity contribution in [2.75, 3.05) is 5.33 Å². The van der Waals surface area contributed by atoms with Crippen LogP contribution in [0.1, 0.15) is 27.9 Å². The lowest BCUT2D eigenvalue weighted by Gasteiger charge is -1.96. The number of carbonyl (C=O) groups is 1. The fraction of sp³-hybridized carbons (Fsp3) is 0.250. The minimum absolute atomic E-state index is 0.208. The summed E-state index contributed by atoms with van der Waals surface area (Å²) in [5.41, 5.74) is 2.74. The Bertz CT molecular complexity index is 410. The molecule has 0 aliphatic carbocycles. The van der Waals surface area contributed by atoms with Gasteiger partial charge in [0.15, 0.2) is 0 Å². The first-order valence-electron chi connectivity index (χ1n) is 4.84. The minimum Gasteiger partial charge on any atom is -0.457 e. The van der Waals surface area contributed by atoms with Crippen molar-refractivity contribution in [1.29, 1.82) is 0 Å². The Hall–Kier alpha value is -1.09. The van der Waals surface area contributed by atoms with Gasteiger partial charge in [-0.05, 0) is 18.1 Å². The number of hydrogen-bond donors (Lipinski definition) is 0. The van der Waals surface area contributed by atoms with Crippen molar-refractivity contribution in [2.24, 2.45) is 0 Å². The smallest absolute Gasteiger partial charge is 0.338 e. The molecule has 78 valence electrons. The summed E-state index contributed by atoms with van der Waals surface area (Å²) in [6.45, 7) is 0.416. The van der Waals surface area contributed by atoms with Gasteiger partial charge in [-0.3, -0.25) is 0 Å². The zero-order chi connectivity index (χ0) is 10.7. The first kappa shape index (κ1) is 10.4. The van der Waals surface area contributed by atoms with E-state index in [-0.39, 0.29) is 5.97 Å². The summed E-state index contributed by atoms with van der Waals surface area (Å²) in [5, 5.41) is 0.955. The molecular formula is C12H11BrO2. The molecule has 0 amide bonds. The molecule has 0 spiro atoms. The van der Waals surface area contributed by atoms with Gasteiger partial charge in [0.1, 0.15) is 6.61 Å². The first-order valence-corrected chi connectivity index (χ1v) is 5.96. The Kier molecular flexibility index (Phi) is 3.21. The third-order valence-corrected chi connectivity index (χ3v) is 2.76. The van der Waals surface area contributed by atoms with Gasteiger partial charge in [-0.2, -0.15) is 0 Å². The van der Waals surface area contributed by atoms with Crippen LogP contribution in [0.25, 0.3) is 6.08 Å². The van der Waals surface area contributed by atoms with E-state index in [4.69, 9.17) is 4.74 Å². The van der Waals surface area contributed by atoms with Crippen LogP contribution in [0.5, 0.6) is 0 Å². The van der Waals surface area contributed by atoms with Crippen molar-refractivity contribution in [2.45, 2.75) is 13.0 Å². The third kappa shape index (κ3) is 2.29. The Morgan fingerprint density at radius 1 is 1.47 bits per heavy atom. The molecule has 1 heterocycles. The number of hydrogen-bond acceptors (Lipinski definition) is 2. The molecule has 1 aromatic rings. The molecule has 1 aromatic carbocycles. The summed E-state index contributed by atoms with van der Waals surface area (Å²) in [4.78, 5) is 11.3. The van der Waals surface area contributed by atoms with E-state index in [0.29, 0.717) is 12.2 Å².